The van der Waals surface area contributed by atoms with Crippen molar-refractivity contribution in [2.24, 2.45) is 0 Å². The molecule has 4 nitrogen and oxygen atoms in total. The summed E-state index contributed by atoms with van der Waals surface area (Å²) in [5, 5.41) is 0. The lowest BCUT2D eigenvalue weighted by atomic mass is 10.2. The normalized spacial score (nSPS) is 12.6. The van der Waals surface area contributed by atoms with Crippen LogP contribution in [-0.2, 0) is 20.3 Å². The van der Waals surface area contributed by atoms with Gasteiger partial charge in [-0.25, -0.2) is 0 Å². The van der Waals surface area contributed by atoms with Crippen molar-refractivity contribution in [2.75, 3.05) is 38.4 Å². The Kier molecular flexibility index (Phi) is 6.93. The lowest BCUT2D eigenvalue weighted by Crippen LogP contribution is -2.10. The molecule has 0 aliphatic carbocycles. The molecule has 0 saturated heterocycles. The van der Waals surface area contributed by atoms with E-state index in [0.29, 0.717) is 36.2 Å². The summed E-state index contributed by atoms with van der Waals surface area (Å²) in [7, 11) is 0.569. The van der Waals surface area contributed by atoms with Gasteiger partial charge in [0.1, 0.15) is 0 Å². The Morgan fingerprint density at radius 1 is 1.28 bits per heavy atom. The van der Waals surface area contributed by atoms with Crippen molar-refractivity contribution in [3.8, 4) is 0 Å². The molecule has 1 aromatic rings. The van der Waals surface area contributed by atoms with Crippen molar-refractivity contribution in [1.29, 1.82) is 0 Å². The van der Waals surface area contributed by atoms with Crippen LogP contribution in [0.2, 0.25) is 0 Å². The summed E-state index contributed by atoms with van der Waals surface area (Å²) in [6.07, 6.45) is 0.857. The smallest absolute Gasteiger partial charge is 0.0620 e. The first-order chi connectivity index (χ1) is 8.66. The van der Waals surface area contributed by atoms with Crippen molar-refractivity contribution in [2.45, 2.75) is 18.2 Å². The number of rotatable bonds is 8. The molecule has 0 amide bonds. The van der Waals surface area contributed by atoms with Gasteiger partial charge >= 0.3 is 0 Å². The van der Waals surface area contributed by atoms with Crippen molar-refractivity contribution in [1.82, 2.24) is 0 Å². The van der Waals surface area contributed by atoms with E-state index in [-0.39, 0.29) is 0 Å². The third-order valence-corrected chi connectivity index (χ3v) is 3.96. The van der Waals surface area contributed by atoms with Crippen molar-refractivity contribution in [3.63, 3.8) is 0 Å². The number of ether oxygens (including phenoxy) is 2. The van der Waals surface area contributed by atoms with Gasteiger partial charge in [0, 0.05) is 20.3 Å². The number of para-hydroxylation sites is 1. The van der Waals surface area contributed by atoms with Gasteiger partial charge in [-0.15, -0.1) is 0 Å². The molecule has 102 valence electrons. The maximum Gasteiger partial charge on any atom is 0.0620 e. The van der Waals surface area contributed by atoms with Crippen LogP contribution in [0.4, 0.5) is 5.69 Å². The van der Waals surface area contributed by atoms with Gasteiger partial charge in [0.2, 0.25) is 0 Å². The van der Waals surface area contributed by atoms with Crippen molar-refractivity contribution >= 4 is 16.5 Å². The molecule has 0 aliphatic heterocycles. The van der Waals surface area contributed by atoms with Gasteiger partial charge in [0.15, 0.2) is 0 Å². The van der Waals surface area contributed by atoms with E-state index in [4.69, 9.17) is 15.2 Å². The average Bonchev–Trinajstić information content (AvgIpc) is 2.36. The summed E-state index contributed by atoms with van der Waals surface area (Å²) in [4.78, 5) is 0.704. The molecular weight excluding hydrogens is 250 g/mol. The number of nitrogens with two attached hydrogens (primary N) is 1. The molecule has 2 N–H and O–H groups in total. The highest BCUT2D eigenvalue weighted by atomic mass is 32.2. The molecule has 0 aromatic heterocycles. The maximum atomic E-state index is 12.0. The fourth-order valence-electron chi connectivity index (χ4n) is 1.50. The van der Waals surface area contributed by atoms with Gasteiger partial charge in [0.25, 0.3) is 0 Å². The van der Waals surface area contributed by atoms with Crippen LogP contribution < -0.4 is 5.73 Å². The molecule has 1 unspecified atom stereocenters. The quantitative estimate of drug-likeness (QED) is 0.578. The molecule has 0 spiro atoms. The number of methoxy groups -OCH3 is 1. The second-order valence-corrected chi connectivity index (χ2v) is 5.53. The van der Waals surface area contributed by atoms with E-state index < -0.39 is 10.8 Å². The monoisotopic (exact) mass is 271 g/mol. The molecular formula is C13H21NO3S. The minimum Gasteiger partial charge on any atom is -0.398 e. The van der Waals surface area contributed by atoms with E-state index in [0.717, 1.165) is 12.0 Å². The summed E-state index contributed by atoms with van der Waals surface area (Å²) in [5.74, 6) is 0.473. The Bertz CT molecular complexity index is 396. The van der Waals surface area contributed by atoms with Crippen molar-refractivity contribution in [3.05, 3.63) is 23.8 Å². The van der Waals surface area contributed by atoms with Gasteiger partial charge in [-0.1, -0.05) is 12.1 Å². The summed E-state index contributed by atoms with van der Waals surface area (Å²) in [6, 6.07) is 5.60. The second kappa shape index (κ2) is 8.24. The van der Waals surface area contributed by atoms with E-state index in [1.165, 1.54) is 0 Å². The molecule has 0 fully saturated rings. The standard InChI is InChI=1S/C13H21NO3S/c1-11-5-3-6-12(13(11)14)18(15)10-9-17-8-4-7-16-2/h3,5-6H,4,7-10,14H2,1-2H3. The first-order valence-corrected chi connectivity index (χ1v) is 7.29. The van der Waals surface area contributed by atoms with Gasteiger partial charge in [-0.3, -0.25) is 4.21 Å². The van der Waals surface area contributed by atoms with Gasteiger partial charge in [-0.05, 0) is 25.0 Å². The summed E-state index contributed by atoms with van der Waals surface area (Å²) in [5.41, 5.74) is 7.48. The largest absolute Gasteiger partial charge is 0.398 e. The number of nitrogen functional groups attached to an aromatic ring is 1. The fraction of sp³-hybridized carbons (Fsp3) is 0.538. The van der Waals surface area contributed by atoms with Crippen LogP contribution in [0, 0.1) is 6.92 Å². The second-order valence-electron chi connectivity index (χ2n) is 4.00. The SMILES string of the molecule is COCCCOCCS(=O)c1cccc(C)c1N. The minimum absolute atomic E-state index is 0.473. The molecule has 0 radical (unpaired) electrons. The summed E-state index contributed by atoms with van der Waals surface area (Å²) < 4.78 is 22.3. The van der Waals surface area contributed by atoms with E-state index in [1.54, 1.807) is 7.11 Å². The molecule has 1 atom stereocenters. The summed E-state index contributed by atoms with van der Waals surface area (Å²) >= 11 is 0. The molecule has 0 bridgehead atoms. The fourth-order valence-corrected chi connectivity index (χ4v) is 2.63. The third-order valence-electron chi connectivity index (χ3n) is 2.58. The predicted molar refractivity (Wildman–Crippen MR) is 74.2 cm³/mol. The van der Waals surface area contributed by atoms with Crippen LogP contribution in [0.15, 0.2) is 23.1 Å². The van der Waals surface area contributed by atoms with Crippen LogP contribution in [0.3, 0.4) is 0 Å². The number of hydrogen-bond donors (Lipinski definition) is 1. The van der Waals surface area contributed by atoms with Crippen LogP contribution in [0.5, 0.6) is 0 Å². The highest BCUT2D eigenvalue weighted by Crippen LogP contribution is 2.20. The van der Waals surface area contributed by atoms with E-state index in [2.05, 4.69) is 0 Å². The number of hydrogen-bond acceptors (Lipinski definition) is 4. The lowest BCUT2D eigenvalue weighted by molar-refractivity contribution is 0.112. The predicted octanol–water partition coefficient (Wildman–Crippen LogP) is 1.74. The minimum atomic E-state index is -1.09. The van der Waals surface area contributed by atoms with Crippen LogP contribution in [-0.4, -0.2) is 36.9 Å². The van der Waals surface area contributed by atoms with Gasteiger partial charge < -0.3 is 15.2 Å². The number of anilines is 1. The Balaban J connectivity index is 2.35. The molecule has 1 aromatic carbocycles. The van der Waals surface area contributed by atoms with E-state index in [9.17, 15) is 4.21 Å². The summed E-state index contributed by atoms with van der Waals surface area (Å²) in [6.45, 7) is 3.71. The molecule has 5 heteroatoms. The Morgan fingerprint density at radius 2 is 2.06 bits per heavy atom. The van der Waals surface area contributed by atoms with Crippen LogP contribution in [0.25, 0.3) is 0 Å². The van der Waals surface area contributed by atoms with Crippen molar-refractivity contribution < 1.29 is 13.7 Å². The highest BCUT2D eigenvalue weighted by Gasteiger charge is 2.09. The topological polar surface area (TPSA) is 61.5 Å². The number of benzene rings is 1. The average molecular weight is 271 g/mol. The van der Waals surface area contributed by atoms with E-state index in [1.807, 2.05) is 25.1 Å². The lowest BCUT2D eigenvalue weighted by Gasteiger charge is -2.08. The maximum absolute atomic E-state index is 12.0. The first-order valence-electron chi connectivity index (χ1n) is 5.97. The third kappa shape index (κ3) is 4.76. The zero-order chi connectivity index (χ0) is 13.4. The molecule has 0 aliphatic rings. The zero-order valence-electron chi connectivity index (χ0n) is 11.0. The molecule has 18 heavy (non-hydrogen) atoms. The Labute approximate surface area is 111 Å². The molecule has 1 rings (SSSR count). The number of aryl methyl sites for hydroxylation is 1. The van der Waals surface area contributed by atoms with Crippen LogP contribution >= 0.6 is 0 Å². The van der Waals surface area contributed by atoms with Crippen LogP contribution in [0.1, 0.15) is 12.0 Å². The molecule has 0 saturated carbocycles. The Hall–Kier alpha value is -0.910. The highest BCUT2D eigenvalue weighted by molar-refractivity contribution is 7.85. The Morgan fingerprint density at radius 3 is 2.78 bits per heavy atom. The zero-order valence-corrected chi connectivity index (χ0v) is 11.8. The van der Waals surface area contributed by atoms with E-state index >= 15 is 0 Å². The molecule has 0 heterocycles. The van der Waals surface area contributed by atoms with Gasteiger partial charge in [-0.2, -0.15) is 0 Å². The van der Waals surface area contributed by atoms with Gasteiger partial charge in [0.05, 0.1) is 33.7 Å². The first kappa shape index (κ1) is 15.1.